The number of halogens is 1. The van der Waals surface area contributed by atoms with E-state index in [1.807, 2.05) is 11.8 Å². The van der Waals surface area contributed by atoms with Gasteiger partial charge in [-0.1, -0.05) is 6.42 Å². The van der Waals surface area contributed by atoms with Crippen LogP contribution in [0.25, 0.3) is 0 Å². The monoisotopic (exact) mass is 532 g/mol. The summed E-state index contributed by atoms with van der Waals surface area (Å²) in [5.41, 5.74) is 0.358. The van der Waals surface area contributed by atoms with Gasteiger partial charge in [-0.15, -0.1) is 0 Å². The van der Waals surface area contributed by atoms with Crippen LogP contribution in [0.3, 0.4) is 0 Å². The molecular weight excluding hydrogens is 495 g/mol. The third-order valence-corrected chi connectivity index (χ3v) is 6.35. The van der Waals surface area contributed by atoms with E-state index in [1.54, 1.807) is 6.07 Å². The molecule has 0 spiro atoms. The number of aromatic nitrogens is 3. The molecule has 2 aromatic rings. The maximum absolute atomic E-state index is 14.7. The lowest BCUT2D eigenvalue weighted by atomic mass is 10.0. The largest absolute Gasteiger partial charge is 0.477 e. The van der Waals surface area contributed by atoms with Gasteiger partial charge in [-0.25, -0.2) is 28.9 Å². The number of carbonyl (C=O) groups excluding carboxylic acids is 1. The van der Waals surface area contributed by atoms with Gasteiger partial charge in [0.05, 0.1) is 25.0 Å². The van der Waals surface area contributed by atoms with Gasteiger partial charge in [0.15, 0.2) is 5.82 Å². The van der Waals surface area contributed by atoms with Crippen LogP contribution in [0.5, 0.6) is 5.88 Å². The summed E-state index contributed by atoms with van der Waals surface area (Å²) in [5, 5.41) is 17.1. The van der Waals surface area contributed by atoms with Crippen LogP contribution < -0.4 is 25.6 Å². The number of alkyl halides is 1. The number of hydrogen-bond acceptors (Lipinski definition) is 8. The van der Waals surface area contributed by atoms with Crippen LogP contribution in [0.15, 0.2) is 30.7 Å². The molecule has 2 fully saturated rings. The molecule has 2 saturated heterocycles. The highest BCUT2D eigenvalue weighted by Gasteiger charge is 2.35. The highest BCUT2D eigenvalue weighted by Crippen LogP contribution is 2.25. The summed E-state index contributed by atoms with van der Waals surface area (Å²) in [4.78, 5) is 38.9. The SMILES string of the molecule is CCOc1cnc(NC(=O)N(C)C2CN(c3cc(NC(=O)O)ccn3)CCC2F)cn1.C[C@@H]1CCCCN1. The van der Waals surface area contributed by atoms with Crippen molar-refractivity contribution in [1.29, 1.82) is 0 Å². The molecule has 2 aromatic heterocycles. The Morgan fingerprint density at radius 2 is 2.05 bits per heavy atom. The number of carboxylic acid groups (broad SMARTS) is 1. The predicted molar refractivity (Wildman–Crippen MR) is 143 cm³/mol. The van der Waals surface area contributed by atoms with Crippen molar-refractivity contribution < 1.29 is 23.8 Å². The first kappa shape index (κ1) is 28.8. The molecule has 4 heterocycles. The van der Waals surface area contributed by atoms with Gasteiger partial charge in [0, 0.05) is 44.1 Å². The van der Waals surface area contributed by atoms with Gasteiger partial charge in [0.25, 0.3) is 0 Å². The summed E-state index contributed by atoms with van der Waals surface area (Å²) >= 11 is 0. The van der Waals surface area contributed by atoms with Gasteiger partial charge in [0.2, 0.25) is 5.88 Å². The average molecular weight is 533 g/mol. The van der Waals surface area contributed by atoms with Crippen LogP contribution in [-0.4, -0.2) is 88.6 Å². The third-order valence-electron chi connectivity index (χ3n) is 6.35. The van der Waals surface area contributed by atoms with Gasteiger partial charge in [0.1, 0.15) is 12.0 Å². The maximum atomic E-state index is 14.7. The zero-order valence-electron chi connectivity index (χ0n) is 22.1. The number of likely N-dealkylation sites (N-methyl/N-ethyl adjacent to an activating group) is 1. The van der Waals surface area contributed by atoms with E-state index < -0.39 is 24.3 Å². The van der Waals surface area contributed by atoms with Crippen molar-refractivity contribution in [1.82, 2.24) is 25.2 Å². The normalized spacial score (nSPS) is 20.9. The number of pyridine rings is 1. The molecular formula is C25H37FN8O4. The summed E-state index contributed by atoms with van der Waals surface area (Å²) < 4.78 is 19.9. The molecule has 2 unspecified atom stereocenters. The molecule has 38 heavy (non-hydrogen) atoms. The second-order valence-corrected chi connectivity index (χ2v) is 9.22. The van der Waals surface area contributed by atoms with Crippen LogP contribution in [0, 0.1) is 0 Å². The van der Waals surface area contributed by atoms with Crippen molar-refractivity contribution >= 4 is 29.4 Å². The number of hydrogen-bond donors (Lipinski definition) is 4. The summed E-state index contributed by atoms with van der Waals surface area (Å²) in [5.74, 6) is 1.06. The highest BCUT2D eigenvalue weighted by molar-refractivity contribution is 5.88. The topological polar surface area (TPSA) is 145 Å². The van der Waals surface area contributed by atoms with Gasteiger partial charge < -0.3 is 25.0 Å². The van der Waals surface area contributed by atoms with Crippen LogP contribution in [-0.2, 0) is 0 Å². The molecule has 208 valence electrons. The first-order valence-corrected chi connectivity index (χ1v) is 12.8. The molecule has 0 bridgehead atoms. The molecule has 3 amide bonds. The van der Waals surface area contributed by atoms with Crippen LogP contribution in [0.2, 0.25) is 0 Å². The molecule has 0 aliphatic carbocycles. The molecule has 0 saturated carbocycles. The van der Waals surface area contributed by atoms with E-state index in [9.17, 15) is 14.0 Å². The Morgan fingerprint density at radius 1 is 1.24 bits per heavy atom. The van der Waals surface area contributed by atoms with Crippen molar-refractivity contribution in [3.8, 4) is 5.88 Å². The number of ether oxygens (including phenoxy) is 1. The number of amides is 3. The quantitative estimate of drug-likeness (QED) is 0.438. The number of piperidine rings is 2. The molecule has 0 aromatic carbocycles. The fourth-order valence-electron chi connectivity index (χ4n) is 4.25. The lowest BCUT2D eigenvalue weighted by Crippen LogP contribution is -2.55. The average Bonchev–Trinajstić information content (AvgIpc) is 2.90. The van der Waals surface area contributed by atoms with Crippen LogP contribution in [0.4, 0.5) is 31.3 Å². The molecule has 12 nitrogen and oxygen atoms in total. The molecule has 2 aliphatic rings. The fraction of sp³-hybridized carbons (Fsp3) is 0.560. The first-order valence-electron chi connectivity index (χ1n) is 12.8. The molecule has 4 rings (SSSR count). The van der Waals surface area contributed by atoms with Crippen molar-refractivity contribution in [2.24, 2.45) is 0 Å². The minimum absolute atomic E-state index is 0.198. The van der Waals surface area contributed by atoms with Gasteiger partial charge in [-0.2, -0.15) is 0 Å². The number of carbonyl (C=O) groups is 2. The molecule has 13 heteroatoms. The van der Waals surface area contributed by atoms with E-state index in [2.05, 4.69) is 37.8 Å². The van der Waals surface area contributed by atoms with E-state index in [-0.39, 0.29) is 18.8 Å². The van der Waals surface area contributed by atoms with Crippen molar-refractivity contribution in [3.05, 3.63) is 30.7 Å². The van der Waals surface area contributed by atoms with E-state index in [1.165, 1.54) is 62.4 Å². The molecule has 4 N–H and O–H groups in total. The lowest BCUT2D eigenvalue weighted by molar-refractivity contribution is 0.133. The number of nitrogens with zero attached hydrogens (tertiary/aromatic N) is 5. The number of rotatable bonds is 6. The van der Waals surface area contributed by atoms with Crippen molar-refractivity contribution in [3.63, 3.8) is 0 Å². The summed E-state index contributed by atoms with van der Waals surface area (Å²) in [7, 11) is 1.51. The summed E-state index contributed by atoms with van der Waals surface area (Å²) in [6, 6.07) is 2.62. The molecule has 2 aliphatic heterocycles. The van der Waals surface area contributed by atoms with Crippen LogP contribution in [0.1, 0.15) is 39.5 Å². The molecule has 3 atom stereocenters. The van der Waals surface area contributed by atoms with Crippen molar-refractivity contribution in [2.75, 3.05) is 48.8 Å². The lowest BCUT2D eigenvalue weighted by Gasteiger charge is -2.40. The van der Waals surface area contributed by atoms with E-state index in [0.717, 1.165) is 6.04 Å². The van der Waals surface area contributed by atoms with Crippen molar-refractivity contribution in [2.45, 2.75) is 57.8 Å². The van der Waals surface area contributed by atoms with E-state index in [0.29, 0.717) is 30.5 Å². The Morgan fingerprint density at radius 3 is 2.66 bits per heavy atom. The Labute approximate surface area is 222 Å². The van der Waals surface area contributed by atoms with Gasteiger partial charge in [-0.05, 0) is 45.7 Å². The number of anilines is 3. The van der Waals surface area contributed by atoms with Gasteiger partial charge in [-0.3, -0.25) is 10.6 Å². The number of nitrogens with one attached hydrogen (secondary N) is 3. The number of urea groups is 1. The van der Waals surface area contributed by atoms with Gasteiger partial charge >= 0.3 is 12.1 Å². The maximum Gasteiger partial charge on any atom is 0.409 e. The highest BCUT2D eigenvalue weighted by atomic mass is 19.1. The summed E-state index contributed by atoms with van der Waals surface area (Å²) in [6.07, 6.45) is 6.19. The zero-order chi connectivity index (χ0) is 27.5. The van der Waals surface area contributed by atoms with E-state index >= 15 is 0 Å². The Hall–Kier alpha value is -3.74. The Balaban J connectivity index is 0.000000494. The first-order chi connectivity index (χ1) is 18.3. The summed E-state index contributed by atoms with van der Waals surface area (Å²) in [6.45, 7) is 6.34. The van der Waals surface area contributed by atoms with E-state index in [4.69, 9.17) is 9.84 Å². The minimum atomic E-state index is -1.22. The fourth-order valence-corrected chi connectivity index (χ4v) is 4.25. The smallest absolute Gasteiger partial charge is 0.409 e. The standard InChI is InChI=1S/C19H24FN7O4.C6H13N/c1-3-31-17-10-22-15(9-23-17)25-18(28)26(2)14-11-27(7-5-13(14)20)16-8-12(4-6-21-16)24-19(29)30;1-6-4-2-3-5-7-6/h4,6,8-10,13-14H,3,5,7,11H2,1-2H3,(H,21,24)(H,29,30)(H,22,25,28);6-7H,2-5H2,1H3/t;6-/m.1/s1. The second kappa shape index (κ2) is 14.3. The molecule has 0 radical (unpaired) electrons. The Bertz CT molecular complexity index is 1040. The predicted octanol–water partition coefficient (Wildman–Crippen LogP) is 3.59. The third kappa shape index (κ3) is 8.68. The Kier molecular flexibility index (Phi) is 10.8. The van der Waals surface area contributed by atoms with Crippen LogP contribution >= 0.6 is 0 Å². The second-order valence-electron chi connectivity index (χ2n) is 9.22. The zero-order valence-corrected chi connectivity index (χ0v) is 22.1. The minimum Gasteiger partial charge on any atom is -0.477 e.